The number of piperidine rings is 1. The van der Waals surface area contributed by atoms with Gasteiger partial charge in [0.1, 0.15) is 11.4 Å². The Morgan fingerprint density at radius 1 is 1.04 bits per heavy atom. The molecule has 0 spiro atoms. The fourth-order valence-corrected chi connectivity index (χ4v) is 4.07. The SMILES string of the molecule is O=C(c1c[nH]c2ccccc2c1=O)N1CCCC[C@@H]1c1nc2ccccc2[nH]1. The van der Waals surface area contributed by atoms with Crippen LogP contribution in [0.3, 0.4) is 0 Å². The third-order valence-electron chi connectivity index (χ3n) is 5.51. The number of nitrogens with zero attached hydrogens (tertiary/aromatic N) is 2. The molecule has 6 heteroatoms. The van der Waals surface area contributed by atoms with E-state index in [0.717, 1.165) is 41.6 Å². The van der Waals surface area contributed by atoms with Crippen LogP contribution in [0.25, 0.3) is 21.9 Å². The van der Waals surface area contributed by atoms with Gasteiger partial charge in [-0.2, -0.15) is 0 Å². The molecule has 0 aliphatic carbocycles. The van der Waals surface area contributed by atoms with Crippen molar-refractivity contribution in [3.05, 3.63) is 76.3 Å². The first kappa shape index (κ1) is 16.7. The quantitative estimate of drug-likeness (QED) is 0.562. The Bertz CT molecular complexity index is 1210. The van der Waals surface area contributed by atoms with Crippen LogP contribution in [0.5, 0.6) is 0 Å². The van der Waals surface area contributed by atoms with E-state index in [0.29, 0.717) is 11.9 Å². The summed E-state index contributed by atoms with van der Waals surface area (Å²) in [7, 11) is 0. The molecule has 5 rings (SSSR count). The second-order valence-corrected chi connectivity index (χ2v) is 7.23. The highest BCUT2D eigenvalue weighted by Crippen LogP contribution is 2.31. The molecule has 1 amide bonds. The first-order valence-corrected chi connectivity index (χ1v) is 9.58. The molecule has 1 atom stereocenters. The van der Waals surface area contributed by atoms with Gasteiger partial charge in [-0.1, -0.05) is 24.3 Å². The van der Waals surface area contributed by atoms with Gasteiger partial charge in [0.15, 0.2) is 0 Å². The number of para-hydroxylation sites is 3. The minimum absolute atomic E-state index is 0.153. The molecule has 140 valence electrons. The normalized spacial score (nSPS) is 17.3. The van der Waals surface area contributed by atoms with Crippen LogP contribution < -0.4 is 5.43 Å². The van der Waals surface area contributed by atoms with Crippen LogP contribution in [0.15, 0.2) is 59.5 Å². The number of carbonyl (C=O) groups excluding carboxylic acids is 1. The molecule has 0 radical (unpaired) electrons. The zero-order chi connectivity index (χ0) is 19.1. The summed E-state index contributed by atoms with van der Waals surface area (Å²) in [5.74, 6) is 0.545. The third-order valence-corrected chi connectivity index (χ3v) is 5.51. The molecule has 28 heavy (non-hydrogen) atoms. The minimum atomic E-state index is -0.239. The van der Waals surface area contributed by atoms with Crippen molar-refractivity contribution in [2.45, 2.75) is 25.3 Å². The molecular weight excluding hydrogens is 352 g/mol. The lowest BCUT2D eigenvalue weighted by atomic mass is 10.00. The summed E-state index contributed by atoms with van der Waals surface area (Å²) < 4.78 is 0. The Morgan fingerprint density at radius 2 is 1.82 bits per heavy atom. The van der Waals surface area contributed by atoms with Gasteiger partial charge in [-0.15, -0.1) is 0 Å². The highest BCUT2D eigenvalue weighted by Gasteiger charge is 2.32. The van der Waals surface area contributed by atoms with Crippen molar-refractivity contribution in [2.24, 2.45) is 0 Å². The van der Waals surface area contributed by atoms with E-state index in [1.54, 1.807) is 11.0 Å². The molecule has 1 saturated heterocycles. The molecule has 3 heterocycles. The van der Waals surface area contributed by atoms with Gasteiger partial charge < -0.3 is 14.9 Å². The van der Waals surface area contributed by atoms with Gasteiger partial charge in [-0.05, 0) is 43.5 Å². The maximum absolute atomic E-state index is 13.3. The summed E-state index contributed by atoms with van der Waals surface area (Å²) in [5.41, 5.74) is 2.53. The Morgan fingerprint density at radius 3 is 2.68 bits per heavy atom. The number of aromatic nitrogens is 3. The zero-order valence-corrected chi connectivity index (χ0v) is 15.3. The highest BCUT2D eigenvalue weighted by molar-refractivity contribution is 5.97. The fourth-order valence-electron chi connectivity index (χ4n) is 4.07. The number of aromatic amines is 2. The summed E-state index contributed by atoms with van der Waals surface area (Å²) in [6.45, 7) is 0.618. The van der Waals surface area contributed by atoms with Crippen LogP contribution in [0.2, 0.25) is 0 Å². The molecule has 6 nitrogen and oxygen atoms in total. The second kappa shape index (κ2) is 6.64. The van der Waals surface area contributed by atoms with Crippen LogP contribution in [0, 0.1) is 0 Å². The Hall–Kier alpha value is -3.41. The standard InChI is InChI=1S/C22H20N4O2/c27-20-14-7-1-2-8-16(14)23-13-15(20)22(28)26-12-6-5-11-19(26)21-24-17-9-3-4-10-18(17)25-21/h1-4,7-10,13,19H,5-6,11-12H2,(H,23,27)(H,24,25)/t19-/m1/s1. The number of hydrogen-bond donors (Lipinski definition) is 2. The van der Waals surface area contributed by atoms with Gasteiger partial charge in [-0.25, -0.2) is 4.98 Å². The van der Waals surface area contributed by atoms with Crippen molar-refractivity contribution in [2.75, 3.05) is 6.54 Å². The topological polar surface area (TPSA) is 81.8 Å². The average Bonchev–Trinajstić information content (AvgIpc) is 3.18. The van der Waals surface area contributed by atoms with Gasteiger partial charge >= 0.3 is 0 Å². The lowest BCUT2D eigenvalue weighted by Gasteiger charge is -2.34. The van der Waals surface area contributed by atoms with Gasteiger partial charge in [0, 0.05) is 23.6 Å². The van der Waals surface area contributed by atoms with E-state index >= 15 is 0 Å². The van der Waals surface area contributed by atoms with Crippen LogP contribution in [0.1, 0.15) is 41.5 Å². The molecule has 4 aromatic rings. The molecule has 1 aliphatic rings. The third kappa shape index (κ3) is 2.69. The van der Waals surface area contributed by atoms with E-state index in [4.69, 9.17) is 4.98 Å². The number of rotatable bonds is 2. The number of H-pyrrole nitrogens is 2. The molecule has 2 aromatic heterocycles. The van der Waals surface area contributed by atoms with Crippen molar-refractivity contribution >= 4 is 27.8 Å². The van der Waals surface area contributed by atoms with E-state index in [1.807, 2.05) is 42.5 Å². The van der Waals surface area contributed by atoms with Crippen LogP contribution in [-0.2, 0) is 0 Å². The lowest BCUT2D eigenvalue weighted by molar-refractivity contribution is 0.0600. The van der Waals surface area contributed by atoms with Crippen molar-refractivity contribution < 1.29 is 4.79 Å². The maximum atomic E-state index is 13.3. The molecule has 0 unspecified atom stereocenters. The zero-order valence-electron chi connectivity index (χ0n) is 15.3. The molecule has 2 N–H and O–H groups in total. The Balaban J connectivity index is 1.55. The molecule has 1 aliphatic heterocycles. The number of imidazole rings is 1. The minimum Gasteiger partial charge on any atom is -0.360 e. The fraction of sp³-hybridized carbons (Fsp3) is 0.227. The van der Waals surface area contributed by atoms with E-state index in [1.165, 1.54) is 6.20 Å². The van der Waals surface area contributed by atoms with E-state index in [2.05, 4.69) is 9.97 Å². The van der Waals surface area contributed by atoms with Crippen LogP contribution >= 0.6 is 0 Å². The number of likely N-dealkylation sites (tertiary alicyclic amines) is 1. The number of benzene rings is 2. The van der Waals surface area contributed by atoms with Crippen molar-refractivity contribution in [3.8, 4) is 0 Å². The summed E-state index contributed by atoms with van der Waals surface area (Å²) in [6.07, 6.45) is 4.32. The van der Waals surface area contributed by atoms with E-state index in [-0.39, 0.29) is 22.9 Å². The largest absolute Gasteiger partial charge is 0.360 e. The monoisotopic (exact) mass is 372 g/mol. The number of amides is 1. The molecule has 0 saturated carbocycles. The molecule has 2 aromatic carbocycles. The number of carbonyl (C=O) groups is 1. The van der Waals surface area contributed by atoms with Crippen molar-refractivity contribution in [3.63, 3.8) is 0 Å². The average molecular weight is 372 g/mol. The molecule has 0 bridgehead atoms. The number of hydrogen-bond acceptors (Lipinski definition) is 3. The summed E-state index contributed by atoms with van der Waals surface area (Å²) in [5, 5.41) is 0.533. The highest BCUT2D eigenvalue weighted by atomic mass is 16.2. The number of pyridine rings is 1. The first-order valence-electron chi connectivity index (χ1n) is 9.58. The van der Waals surface area contributed by atoms with Gasteiger partial charge in [-0.3, -0.25) is 9.59 Å². The smallest absolute Gasteiger partial charge is 0.259 e. The lowest BCUT2D eigenvalue weighted by Crippen LogP contribution is -2.40. The Labute approximate surface area is 161 Å². The van der Waals surface area contributed by atoms with E-state index < -0.39 is 0 Å². The summed E-state index contributed by atoms with van der Waals surface area (Å²) in [6, 6.07) is 15.0. The number of nitrogens with one attached hydrogen (secondary N) is 2. The van der Waals surface area contributed by atoms with Crippen molar-refractivity contribution in [1.82, 2.24) is 19.9 Å². The maximum Gasteiger partial charge on any atom is 0.259 e. The van der Waals surface area contributed by atoms with Gasteiger partial charge in [0.25, 0.3) is 5.91 Å². The molecule has 1 fully saturated rings. The Kier molecular flexibility index (Phi) is 3.97. The molecular formula is C22H20N4O2. The summed E-state index contributed by atoms with van der Waals surface area (Å²) in [4.78, 5) is 39.2. The first-order chi connectivity index (χ1) is 13.7. The van der Waals surface area contributed by atoms with Gasteiger partial charge in [0.2, 0.25) is 5.43 Å². The second-order valence-electron chi connectivity index (χ2n) is 7.23. The van der Waals surface area contributed by atoms with Gasteiger partial charge in [0.05, 0.1) is 17.1 Å². The van der Waals surface area contributed by atoms with Crippen LogP contribution in [-0.4, -0.2) is 32.3 Å². The van der Waals surface area contributed by atoms with Crippen molar-refractivity contribution in [1.29, 1.82) is 0 Å². The van der Waals surface area contributed by atoms with Crippen LogP contribution in [0.4, 0.5) is 0 Å². The predicted octanol–water partition coefficient (Wildman–Crippen LogP) is 3.77. The summed E-state index contributed by atoms with van der Waals surface area (Å²) >= 11 is 0. The number of fused-ring (bicyclic) bond motifs is 2. The van der Waals surface area contributed by atoms with E-state index in [9.17, 15) is 9.59 Å². The predicted molar refractivity (Wildman–Crippen MR) is 108 cm³/mol.